The summed E-state index contributed by atoms with van der Waals surface area (Å²) < 4.78 is 5.72. The van der Waals surface area contributed by atoms with E-state index in [0.29, 0.717) is 34.8 Å². The third-order valence-corrected chi connectivity index (χ3v) is 4.96. The number of aromatic nitrogens is 3. The number of aliphatic hydroxyl groups excluding tert-OH is 1. The summed E-state index contributed by atoms with van der Waals surface area (Å²) in [6.07, 6.45) is 4.87. The topological polar surface area (TPSA) is 95.2 Å². The van der Waals surface area contributed by atoms with Crippen LogP contribution in [0.1, 0.15) is 28.6 Å². The molecule has 7 heteroatoms. The molecule has 3 aromatic heterocycles. The molecule has 0 aliphatic carbocycles. The molecule has 4 heterocycles. The molecule has 1 aliphatic heterocycles. The normalized spacial score (nSPS) is 16.0. The Balaban J connectivity index is 1.78. The van der Waals surface area contributed by atoms with Crippen LogP contribution in [0.2, 0.25) is 0 Å². The van der Waals surface area contributed by atoms with Crippen LogP contribution in [0.4, 0.5) is 5.95 Å². The number of nitrogens with zero attached hydrogens (tertiary/aromatic N) is 3. The molecule has 2 N–H and O–H groups in total. The number of benzene rings is 1. The van der Waals surface area contributed by atoms with E-state index < -0.39 is 6.04 Å². The predicted octanol–water partition coefficient (Wildman–Crippen LogP) is 2.51. The Morgan fingerprint density at radius 1 is 1.19 bits per heavy atom. The minimum absolute atomic E-state index is 0.0140. The van der Waals surface area contributed by atoms with Gasteiger partial charge in [0.15, 0.2) is 5.43 Å². The number of hydrogen-bond acceptors (Lipinski definition) is 6. The number of aromatic amines is 1. The van der Waals surface area contributed by atoms with E-state index in [1.54, 1.807) is 30.8 Å². The van der Waals surface area contributed by atoms with Crippen LogP contribution in [0.15, 0.2) is 64.3 Å². The van der Waals surface area contributed by atoms with Gasteiger partial charge in [-0.3, -0.25) is 4.79 Å². The molecule has 0 fully saturated rings. The van der Waals surface area contributed by atoms with E-state index in [0.717, 1.165) is 11.2 Å². The molecule has 134 valence electrons. The summed E-state index contributed by atoms with van der Waals surface area (Å²) in [6, 6.07) is 10.5. The van der Waals surface area contributed by atoms with Crippen molar-refractivity contribution in [2.45, 2.75) is 19.2 Å². The molecule has 0 bridgehead atoms. The second-order valence-electron chi connectivity index (χ2n) is 6.44. The Morgan fingerprint density at radius 3 is 2.81 bits per heavy atom. The van der Waals surface area contributed by atoms with E-state index in [4.69, 9.17) is 4.42 Å². The number of hydrogen-bond donors (Lipinski definition) is 2. The van der Waals surface area contributed by atoms with Crippen molar-refractivity contribution in [3.63, 3.8) is 0 Å². The third kappa shape index (κ3) is 2.36. The smallest absolute Gasteiger partial charge is 0.226 e. The van der Waals surface area contributed by atoms with Crippen molar-refractivity contribution >= 4 is 16.9 Å². The molecule has 0 saturated heterocycles. The quantitative estimate of drug-likeness (QED) is 0.583. The first-order valence-corrected chi connectivity index (χ1v) is 8.62. The predicted molar refractivity (Wildman–Crippen MR) is 99.3 cm³/mol. The average molecular weight is 360 g/mol. The second-order valence-corrected chi connectivity index (χ2v) is 6.44. The van der Waals surface area contributed by atoms with Crippen LogP contribution in [-0.2, 0) is 13.2 Å². The number of nitrogens with one attached hydrogen (secondary N) is 1. The summed E-state index contributed by atoms with van der Waals surface area (Å²) in [5, 5.41) is 10.4. The van der Waals surface area contributed by atoms with Gasteiger partial charge in [-0.2, -0.15) is 0 Å². The average Bonchev–Trinajstić information content (AvgIpc) is 3.33. The Morgan fingerprint density at radius 2 is 2.00 bits per heavy atom. The summed E-state index contributed by atoms with van der Waals surface area (Å²) in [7, 11) is 0. The van der Waals surface area contributed by atoms with Crippen LogP contribution in [0.3, 0.4) is 0 Å². The number of furan rings is 1. The van der Waals surface area contributed by atoms with Crippen LogP contribution in [0.25, 0.3) is 10.9 Å². The van der Waals surface area contributed by atoms with E-state index in [2.05, 4.69) is 15.0 Å². The first-order chi connectivity index (χ1) is 13.3. The number of anilines is 1. The van der Waals surface area contributed by atoms with Crippen molar-refractivity contribution in [1.29, 1.82) is 0 Å². The molecule has 5 rings (SSSR count). The van der Waals surface area contributed by atoms with Gasteiger partial charge < -0.3 is 19.4 Å². The maximum atomic E-state index is 13.1. The molecule has 4 aromatic rings. The van der Waals surface area contributed by atoms with Gasteiger partial charge >= 0.3 is 0 Å². The summed E-state index contributed by atoms with van der Waals surface area (Å²) in [5.74, 6) is 1.07. The zero-order valence-electron chi connectivity index (χ0n) is 14.3. The second kappa shape index (κ2) is 6.07. The molecule has 1 unspecified atom stereocenters. The zero-order valence-corrected chi connectivity index (χ0v) is 14.3. The van der Waals surface area contributed by atoms with Gasteiger partial charge in [0.05, 0.1) is 25.1 Å². The minimum Gasteiger partial charge on any atom is -0.466 e. The van der Waals surface area contributed by atoms with Crippen LogP contribution >= 0.6 is 0 Å². The lowest BCUT2D eigenvalue weighted by atomic mass is 10.0. The standard InChI is InChI=1S/C20H16N4O3/c25-11-12-6-9-27-19(12)17-16-14(10-24(17)20-21-7-3-8-22-20)18(26)13-4-1-2-5-15(13)23-16/h1-9,17,25H,10-11H2,(H,23,26). The Labute approximate surface area is 153 Å². The number of H-pyrrole nitrogens is 1. The van der Waals surface area contributed by atoms with Crippen molar-refractivity contribution in [3.05, 3.63) is 87.9 Å². The molecule has 0 saturated carbocycles. The van der Waals surface area contributed by atoms with E-state index in [1.807, 2.05) is 29.2 Å². The molecule has 1 atom stereocenters. The van der Waals surface area contributed by atoms with Crippen LogP contribution in [0, 0.1) is 0 Å². The summed E-state index contributed by atoms with van der Waals surface area (Å²) in [4.78, 5) is 27.1. The van der Waals surface area contributed by atoms with Gasteiger partial charge in [-0.25, -0.2) is 9.97 Å². The van der Waals surface area contributed by atoms with Gasteiger partial charge in [-0.15, -0.1) is 0 Å². The first kappa shape index (κ1) is 15.8. The summed E-state index contributed by atoms with van der Waals surface area (Å²) >= 11 is 0. The first-order valence-electron chi connectivity index (χ1n) is 8.62. The molecule has 0 amide bonds. The number of para-hydroxylation sites is 1. The molecule has 7 nitrogen and oxygen atoms in total. The highest BCUT2D eigenvalue weighted by atomic mass is 16.3. The lowest BCUT2D eigenvalue weighted by Crippen LogP contribution is -2.25. The highest BCUT2D eigenvalue weighted by molar-refractivity contribution is 5.80. The fourth-order valence-electron chi connectivity index (χ4n) is 3.72. The molecule has 1 aromatic carbocycles. The maximum Gasteiger partial charge on any atom is 0.226 e. The van der Waals surface area contributed by atoms with Gasteiger partial charge in [0.2, 0.25) is 5.95 Å². The molecule has 1 aliphatic rings. The lowest BCUT2D eigenvalue weighted by Gasteiger charge is -2.24. The SMILES string of the molecule is O=c1c2c([nH]c3ccccc13)C(c1occc1CO)N(c1ncccn1)C2. The van der Waals surface area contributed by atoms with Crippen LogP contribution in [0.5, 0.6) is 0 Å². The zero-order chi connectivity index (χ0) is 18.4. The van der Waals surface area contributed by atoms with E-state index in [-0.39, 0.29) is 12.0 Å². The molecule has 0 spiro atoms. The third-order valence-electron chi connectivity index (χ3n) is 4.96. The van der Waals surface area contributed by atoms with Gasteiger partial charge in [0, 0.05) is 34.4 Å². The molecule has 27 heavy (non-hydrogen) atoms. The Hall–Kier alpha value is -3.45. The summed E-state index contributed by atoms with van der Waals surface area (Å²) in [6.45, 7) is 0.203. The highest BCUT2D eigenvalue weighted by Crippen LogP contribution is 2.40. The lowest BCUT2D eigenvalue weighted by molar-refractivity contribution is 0.277. The Bertz CT molecular complexity index is 1180. The summed E-state index contributed by atoms with van der Waals surface area (Å²) in [5.41, 5.74) is 2.82. The minimum atomic E-state index is -0.420. The van der Waals surface area contributed by atoms with Gasteiger partial charge in [-0.05, 0) is 24.3 Å². The number of fused-ring (bicyclic) bond motifs is 2. The van der Waals surface area contributed by atoms with Crippen molar-refractivity contribution < 1.29 is 9.52 Å². The Kier molecular flexibility index (Phi) is 3.54. The van der Waals surface area contributed by atoms with Gasteiger partial charge in [0.25, 0.3) is 0 Å². The maximum absolute atomic E-state index is 13.1. The fraction of sp³-hybridized carbons (Fsp3) is 0.150. The van der Waals surface area contributed by atoms with Crippen LogP contribution in [-0.4, -0.2) is 20.1 Å². The van der Waals surface area contributed by atoms with Crippen molar-refractivity contribution in [2.24, 2.45) is 0 Å². The van der Waals surface area contributed by atoms with Gasteiger partial charge in [-0.1, -0.05) is 12.1 Å². The number of aliphatic hydroxyl groups is 1. The van der Waals surface area contributed by atoms with Crippen molar-refractivity contribution in [3.8, 4) is 0 Å². The molecular weight excluding hydrogens is 344 g/mol. The molecule has 0 radical (unpaired) electrons. The van der Waals surface area contributed by atoms with Crippen LogP contribution < -0.4 is 10.3 Å². The van der Waals surface area contributed by atoms with E-state index in [9.17, 15) is 9.90 Å². The van der Waals surface area contributed by atoms with E-state index >= 15 is 0 Å². The highest BCUT2D eigenvalue weighted by Gasteiger charge is 2.39. The van der Waals surface area contributed by atoms with Crippen molar-refractivity contribution in [1.82, 2.24) is 15.0 Å². The largest absolute Gasteiger partial charge is 0.466 e. The van der Waals surface area contributed by atoms with E-state index in [1.165, 1.54) is 0 Å². The van der Waals surface area contributed by atoms with Gasteiger partial charge in [0.1, 0.15) is 11.8 Å². The fourth-order valence-corrected chi connectivity index (χ4v) is 3.72. The number of pyridine rings is 1. The monoisotopic (exact) mass is 360 g/mol. The molecular formula is C20H16N4O3. The van der Waals surface area contributed by atoms with Crippen molar-refractivity contribution in [2.75, 3.05) is 4.90 Å². The number of rotatable bonds is 3.